The van der Waals surface area contributed by atoms with Gasteiger partial charge in [-0.25, -0.2) is 4.79 Å². The Morgan fingerprint density at radius 3 is 2.60 bits per heavy atom. The number of carbonyl (C=O) groups is 2. The quantitative estimate of drug-likeness (QED) is 0.481. The summed E-state index contributed by atoms with van der Waals surface area (Å²) in [5.74, 6) is -2.19. The van der Waals surface area contributed by atoms with Crippen molar-refractivity contribution in [3.05, 3.63) is 46.5 Å². The topological polar surface area (TPSA) is 104 Å². The summed E-state index contributed by atoms with van der Waals surface area (Å²) < 4.78 is 5.27. The van der Waals surface area contributed by atoms with Gasteiger partial charge < -0.3 is 20.1 Å². The minimum atomic E-state index is -0.843. The first kappa shape index (κ1) is 19.0. The van der Waals surface area contributed by atoms with Crippen LogP contribution in [-0.4, -0.2) is 39.3 Å². The van der Waals surface area contributed by atoms with E-state index in [9.17, 15) is 24.9 Å². The van der Waals surface area contributed by atoms with Gasteiger partial charge in [0.25, 0.3) is 0 Å². The second-order valence-electron chi connectivity index (χ2n) is 5.81. The maximum absolute atomic E-state index is 12.4. The van der Waals surface area contributed by atoms with Crippen molar-refractivity contribution in [3.8, 4) is 11.5 Å². The number of aliphatic hydroxyl groups is 1. The minimum absolute atomic E-state index is 0.000772. The second kappa shape index (κ2) is 8.18. The van der Waals surface area contributed by atoms with Crippen LogP contribution in [0.5, 0.6) is 11.5 Å². The summed E-state index contributed by atoms with van der Waals surface area (Å²) in [5, 5.41) is 29.4. The molecule has 0 fully saturated rings. The molecule has 7 heteroatoms. The fourth-order valence-corrected chi connectivity index (χ4v) is 2.66. The van der Waals surface area contributed by atoms with Gasteiger partial charge in [0.1, 0.15) is 23.2 Å². The van der Waals surface area contributed by atoms with Crippen LogP contribution in [0.15, 0.2) is 30.4 Å². The molecule has 0 spiro atoms. The Morgan fingerprint density at radius 1 is 1.16 bits per heavy atom. The lowest BCUT2D eigenvalue weighted by Gasteiger charge is -2.16. The molecule has 0 amide bonds. The van der Waals surface area contributed by atoms with Gasteiger partial charge in [-0.2, -0.15) is 0 Å². The number of halogens is 1. The zero-order valence-corrected chi connectivity index (χ0v) is 14.4. The van der Waals surface area contributed by atoms with E-state index in [1.54, 1.807) is 19.1 Å². The Balaban J connectivity index is 2.49. The number of fused-ring (bicyclic) bond motifs is 1. The van der Waals surface area contributed by atoms with Crippen molar-refractivity contribution in [2.24, 2.45) is 0 Å². The summed E-state index contributed by atoms with van der Waals surface area (Å²) >= 11 is 6.03. The van der Waals surface area contributed by atoms with Gasteiger partial charge in [-0.1, -0.05) is 29.8 Å². The van der Waals surface area contributed by atoms with Crippen molar-refractivity contribution in [3.63, 3.8) is 0 Å². The molecular formula is C18H19ClO6. The van der Waals surface area contributed by atoms with Crippen molar-refractivity contribution < 1.29 is 29.6 Å². The van der Waals surface area contributed by atoms with E-state index in [2.05, 4.69) is 0 Å². The van der Waals surface area contributed by atoms with Gasteiger partial charge in [-0.05, 0) is 19.4 Å². The van der Waals surface area contributed by atoms with E-state index in [1.165, 1.54) is 12.2 Å². The molecule has 2 atom stereocenters. The molecule has 0 bridgehead atoms. The second-order valence-corrected chi connectivity index (χ2v) is 6.19. The standard InChI is InChI=1S/C18H19ClO6/c1-10-4-2-5-11(20)6-3-7-12(21)8-13-16(18(24)25-10)14(22)9-15(23)17(13)19/h2-3,5,7,9-11,20,22-23H,4,6,8H2,1H3/t10-,11?/m1/s1. The number of phenols is 2. The van der Waals surface area contributed by atoms with E-state index in [1.807, 2.05) is 0 Å². The number of aromatic hydroxyl groups is 2. The molecule has 2 rings (SSSR count). The van der Waals surface area contributed by atoms with Gasteiger partial charge in [0.15, 0.2) is 5.78 Å². The smallest absolute Gasteiger partial charge is 0.342 e. The average Bonchev–Trinajstić information content (AvgIpc) is 2.51. The van der Waals surface area contributed by atoms with E-state index < -0.39 is 35.5 Å². The van der Waals surface area contributed by atoms with E-state index in [4.69, 9.17) is 16.3 Å². The number of hydrogen-bond acceptors (Lipinski definition) is 6. The summed E-state index contributed by atoms with van der Waals surface area (Å²) in [6.45, 7) is 1.66. The van der Waals surface area contributed by atoms with Gasteiger partial charge in [-0.15, -0.1) is 0 Å². The predicted octanol–water partition coefficient (Wildman–Crippen LogP) is 2.68. The lowest BCUT2D eigenvalue weighted by Crippen LogP contribution is -2.18. The molecule has 25 heavy (non-hydrogen) atoms. The molecule has 0 radical (unpaired) electrons. The summed E-state index contributed by atoms with van der Waals surface area (Å²) in [6.07, 6.45) is 5.06. The Morgan fingerprint density at radius 2 is 1.88 bits per heavy atom. The third-order valence-electron chi connectivity index (χ3n) is 3.69. The molecule has 1 aliphatic rings. The SMILES string of the molecule is C[C@@H]1CC=CC(O)CC=CC(=O)Cc2c(Cl)c(O)cc(O)c2C(=O)O1. The molecule has 3 N–H and O–H groups in total. The maximum atomic E-state index is 12.4. The largest absolute Gasteiger partial charge is 0.507 e. The molecule has 1 aromatic carbocycles. The number of benzene rings is 1. The summed E-state index contributed by atoms with van der Waals surface area (Å²) in [6, 6.07) is 0.937. The Hall–Kier alpha value is -2.31. The van der Waals surface area contributed by atoms with E-state index >= 15 is 0 Å². The summed E-state index contributed by atoms with van der Waals surface area (Å²) in [7, 11) is 0. The van der Waals surface area contributed by atoms with Crippen molar-refractivity contribution in [2.75, 3.05) is 0 Å². The van der Waals surface area contributed by atoms with Crippen LogP contribution in [0.25, 0.3) is 0 Å². The van der Waals surface area contributed by atoms with Crippen molar-refractivity contribution in [2.45, 2.75) is 38.4 Å². The van der Waals surface area contributed by atoms with Crippen molar-refractivity contribution >= 4 is 23.4 Å². The highest BCUT2D eigenvalue weighted by Crippen LogP contribution is 2.37. The first-order valence-electron chi connectivity index (χ1n) is 7.78. The normalized spacial score (nSPS) is 22.2. The molecule has 1 heterocycles. The number of allylic oxidation sites excluding steroid dienone is 1. The van der Waals surface area contributed by atoms with Gasteiger partial charge in [0.2, 0.25) is 0 Å². The van der Waals surface area contributed by atoms with Crippen LogP contribution >= 0.6 is 11.6 Å². The Kier molecular flexibility index (Phi) is 6.22. The number of hydrogen-bond donors (Lipinski definition) is 3. The fraction of sp³-hybridized carbons (Fsp3) is 0.333. The van der Waals surface area contributed by atoms with Gasteiger partial charge >= 0.3 is 5.97 Å². The number of rotatable bonds is 0. The lowest BCUT2D eigenvalue weighted by atomic mass is 9.99. The molecule has 0 aromatic heterocycles. The highest BCUT2D eigenvalue weighted by atomic mass is 35.5. The molecule has 0 saturated heterocycles. The van der Waals surface area contributed by atoms with Crippen molar-refractivity contribution in [1.29, 1.82) is 0 Å². The number of phenolic OH excluding ortho intramolecular Hbond substituents is 2. The predicted molar refractivity (Wildman–Crippen MR) is 91.9 cm³/mol. The van der Waals surface area contributed by atoms with E-state index in [0.717, 1.165) is 6.07 Å². The molecule has 0 aliphatic carbocycles. The Labute approximate surface area is 150 Å². The van der Waals surface area contributed by atoms with Gasteiger partial charge in [-0.3, -0.25) is 4.79 Å². The van der Waals surface area contributed by atoms with Crippen LogP contribution in [0.4, 0.5) is 0 Å². The van der Waals surface area contributed by atoms with Crippen LogP contribution in [0.3, 0.4) is 0 Å². The molecule has 0 saturated carbocycles. The molecular weight excluding hydrogens is 348 g/mol. The average molecular weight is 367 g/mol. The van der Waals surface area contributed by atoms with Crippen molar-refractivity contribution in [1.82, 2.24) is 0 Å². The lowest BCUT2D eigenvalue weighted by molar-refractivity contribution is -0.114. The monoisotopic (exact) mass is 366 g/mol. The third-order valence-corrected chi connectivity index (χ3v) is 4.11. The van der Waals surface area contributed by atoms with Crippen LogP contribution in [-0.2, 0) is 16.0 Å². The zero-order valence-electron chi connectivity index (χ0n) is 13.6. The van der Waals surface area contributed by atoms with Crippen LogP contribution < -0.4 is 0 Å². The summed E-state index contributed by atoms with van der Waals surface area (Å²) in [5.41, 5.74) is -0.239. The highest BCUT2D eigenvalue weighted by molar-refractivity contribution is 6.33. The molecule has 1 aromatic rings. The molecule has 1 unspecified atom stereocenters. The number of ether oxygens (including phenoxy) is 1. The molecule has 6 nitrogen and oxygen atoms in total. The third kappa shape index (κ3) is 4.84. The first-order chi connectivity index (χ1) is 11.8. The van der Waals surface area contributed by atoms with E-state index in [-0.39, 0.29) is 29.0 Å². The van der Waals surface area contributed by atoms with Crippen LogP contribution in [0.1, 0.15) is 35.7 Å². The molecule has 134 valence electrons. The highest BCUT2D eigenvalue weighted by Gasteiger charge is 2.25. The fourth-order valence-electron chi connectivity index (χ4n) is 2.45. The number of carbonyl (C=O) groups excluding carboxylic acids is 2. The number of aliphatic hydroxyl groups excluding tert-OH is 1. The van der Waals surface area contributed by atoms with Gasteiger partial charge in [0.05, 0.1) is 11.1 Å². The van der Waals surface area contributed by atoms with Crippen LogP contribution in [0, 0.1) is 0 Å². The minimum Gasteiger partial charge on any atom is -0.507 e. The molecule has 1 aliphatic heterocycles. The zero-order chi connectivity index (χ0) is 18.6. The number of cyclic esters (lactones) is 1. The van der Waals surface area contributed by atoms with Crippen LogP contribution in [0.2, 0.25) is 5.02 Å². The number of esters is 1. The Bertz CT molecular complexity index is 738. The van der Waals surface area contributed by atoms with E-state index in [0.29, 0.717) is 6.42 Å². The number of ketones is 1. The van der Waals surface area contributed by atoms with Gasteiger partial charge in [0, 0.05) is 24.5 Å². The summed E-state index contributed by atoms with van der Waals surface area (Å²) in [4.78, 5) is 24.5. The maximum Gasteiger partial charge on any atom is 0.342 e. The first-order valence-corrected chi connectivity index (χ1v) is 8.15.